The number of carbonyl (C=O) groups excluding carboxylic acids is 5. The van der Waals surface area contributed by atoms with E-state index in [0.29, 0.717) is 18.7 Å². The van der Waals surface area contributed by atoms with Crippen molar-refractivity contribution in [1.82, 2.24) is 20.9 Å². The summed E-state index contributed by atoms with van der Waals surface area (Å²) in [6.45, 7) is 10.1. The predicted octanol–water partition coefficient (Wildman–Crippen LogP) is 2.71. The maximum absolute atomic E-state index is 14.3. The molecule has 2 unspecified atom stereocenters. The molecule has 250 valence electrons. The van der Waals surface area contributed by atoms with Crippen molar-refractivity contribution in [2.75, 3.05) is 6.54 Å². The second-order valence-electron chi connectivity index (χ2n) is 15.9. The largest absolute Gasteiger partial charge is 0.411 e. The Balaban J connectivity index is 1.33. The fraction of sp³-hybridized carbons (Fsp3) is 0.818. The van der Waals surface area contributed by atoms with Gasteiger partial charge in [-0.15, -0.1) is 0 Å². The molecule has 5 fully saturated rings. The SMILES string of the molecule is CC(C)(C)[C@H](NC(=O)N[C@H](/C(=N/O)C1CC1)C1CCCCC1)C(=O)N1CC2[C@@H]([C@H]1C(=O)NC(CC1CC1)C(=O)C(N)=O)C2(C)C. The first kappa shape index (κ1) is 33.2. The quantitative estimate of drug-likeness (QED) is 0.0958. The number of ketones is 1. The number of Topliss-reactive ketones (excluding diaryl/α,β-unsaturated/α-hetero) is 1. The molecule has 6 N–H and O–H groups in total. The monoisotopic (exact) mass is 628 g/mol. The van der Waals surface area contributed by atoms with E-state index in [-0.39, 0.29) is 40.9 Å². The van der Waals surface area contributed by atoms with Gasteiger partial charge in [-0.1, -0.05) is 71.9 Å². The van der Waals surface area contributed by atoms with Crippen molar-refractivity contribution in [3.8, 4) is 0 Å². The molecule has 12 nitrogen and oxygen atoms in total. The van der Waals surface area contributed by atoms with Crippen LogP contribution in [-0.4, -0.2) is 76.1 Å². The molecule has 1 heterocycles. The fourth-order valence-electron chi connectivity index (χ4n) is 7.97. The third kappa shape index (κ3) is 7.14. The molecule has 1 aliphatic heterocycles. The number of likely N-dealkylation sites (tertiary alicyclic amines) is 1. The van der Waals surface area contributed by atoms with E-state index in [2.05, 4.69) is 35.0 Å². The normalized spacial score (nSPS) is 28.3. The molecule has 5 amide bonds. The number of nitrogens with zero attached hydrogens (tertiary/aromatic N) is 2. The lowest BCUT2D eigenvalue weighted by molar-refractivity contribution is -0.145. The van der Waals surface area contributed by atoms with Crippen LogP contribution in [-0.2, 0) is 19.2 Å². The van der Waals surface area contributed by atoms with Crippen LogP contribution in [0.2, 0.25) is 0 Å². The lowest BCUT2D eigenvalue weighted by Crippen LogP contribution is -2.62. The Bertz CT molecular complexity index is 1230. The zero-order valence-corrected chi connectivity index (χ0v) is 27.4. The van der Waals surface area contributed by atoms with Gasteiger partial charge in [0, 0.05) is 12.5 Å². The highest BCUT2D eigenvalue weighted by atomic mass is 16.4. The highest BCUT2D eigenvalue weighted by molar-refractivity contribution is 6.37. The van der Waals surface area contributed by atoms with Crippen molar-refractivity contribution in [3.63, 3.8) is 0 Å². The molecule has 0 aromatic carbocycles. The minimum Gasteiger partial charge on any atom is -0.411 e. The molecule has 0 bridgehead atoms. The Morgan fingerprint density at radius 1 is 0.956 bits per heavy atom. The average Bonchev–Trinajstić information content (AvgIpc) is 3.93. The van der Waals surface area contributed by atoms with E-state index in [0.717, 1.165) is 57.8 Å². The molecule has 1 saturated heterocycles. The maximum Gasteiger partial charge on any atom is 0.315 e. The Morgan fingerprint density at radius 2 is 1.60 bits per heavy atom. The maximum atomic E-state index is 14.3. The predicted molar refractivity (Wildman–Crippen MR) is 167 cm³/mol. The number of nitrogens with two attached hydrogens (primary N) is 1. The number of hydrogen-bond acceptors (Lipinski definition) is 7. The fourth-order valence-corrected chi connectivity index (χ4v) is 7.97. The molecule has 4 saturated carbocycles. The summed E-state index contributed by atoms with van der Waals surface area (Å²) in [7, 11) is 0. The molecule has 0 spiro atoms. The van der Waals surface area contributed by atoms with Gasteiger partial charge in [0.25, 0.3) is 5.91 Å². The summed E-state index contributed by atoms with van der Waals surface area (Å²) in [4.78, 5) is 67.8. The molecule has 5 rings (SSSR count). The number of nitrogens with one attached hydrogen (secondary N) is 3. The lowest BCUT2D eigenvalue weighted by Gasteiger charge is -2.38. The van der Waals surface area contributed by atoms with Crippen molar-refractivity contribution in [2.24, 2.45) is 51.3 Å². The van der Waals surface area contributed by atoms with E-state index in [1.54, 1.807) is 4.90 Å². The van der Waals surface area contributed by atoms with Crippen LogP contribution in [0, 0.1) is 40.4 Å². The summed E-state index contributed by atoms with van der Waals surface area (Å²) in [5.74, 6) is -2.19. The molecule has 0 radical (unpaired) electrons. The van der Waals surface area contributed by atoms with Gasteiger partial charge in [-0.25, -0.2) is 4.79 Å². The number of fused-ring (bicyclic) bond motifs is 1. The standard InChI is InChI=1S/C33H52N6O6/c1-32(2,3)27(37-31(44)36-23(18-9-7-6-8-10-18)24(38-45)19-13-14-19)30(43)39-16-20-22(33(20,4)5)25(39)29(42)35-21(15-17-11-12-17)26(40)28(34)41/h17-23,25,27,45H,6-16H2,1-5H3,(H2,34,41)(H,35,42)(H2,36,37,44)/b38-24+/t20?,21?,22-,23-,25-,27+/m0/s1. The molecule has 12 heteroatoms. The van der Waals surface area contributed by atoms with E-state index in [1.807, 2.05) is 20.8 Å². The van der Waals surface area contributed by atoms with Gasteiger partial charge >= 0.3 is 6.03 Å². The van der Waals surface area contributed by atoms with E-state index in [9.17, 15) is 29.2 Å². The summed E-state index contributed by atoms with van der Waals surface area (Å²) >= 11 is 0. The van der Waals surface area contributed by atoms with Gasteiger partial charge in [-0.05, 0) is 66.6 Å². The Labute approximate surface area is 266 Å². The number of piperidine rings is 1. The van der Waals surface area contributed by atoms with Crippen molar-refractivity contribution < 1.29 is 29.2 Å². The number of amides is 5. The molecule has 0 aromatic rings. The van der Waals surface area contributed by atoms with E-state index in [1.165, 1.54) is 0 Å². The summed E-state index contributed by atoms with van der Waals surface area (Å²) in [6, 6.07) is -3.74. The number of hydrogen-bond donors (Lipinski definition) is 5. The Hall–Kier alpha value is -3.18. The van der Waals surface area contributed by atoms with E-state index in [4.69, 9.17) is 5.73 Å². The van der Waals surface area contributed by atoms with Gasteiger partial charge in [0.15, 0.2) is 0 Å². The number of oxime groups is 1. The molecular weight excluding hydrogens is 576 g/mol. The molecule has 4 aliphatic carbocycles. The minimum absolute atomic E-state index is 0.0953. The lowest BCUT2D eigenvalue weighted by atomic mass is 9.81. The highest BCUT2D eigenvalue weighted by Crippen LogP contribution is 2.65. The summed E-state index contributed by atoms with van der Waals surface area (Å²) in [5.41, 5.74) is 5.05. The second kappa shape index (κ2) is 12.5. The number of carbonyl (C=O) groups is 5. The first-order valence-electron chi connectivity index (χ1n) is 16.9. The van der Waals surface area contributed by atoms with Crippen molar-refractivity contribution in [3.05, 3.63) is 0 Å². The minimum atomic E-state index is -1.09. The first-order valence-corrected chi connectivity index (χ1v) is 16.9. The average molecular weight is 629 g/mol. The van der Waals surface area contributed by atoms with Crippen LogP contribution < -0.4 is 21.7 Å². The number of primary amides is 1. The molecule has 5 aliphatic rings. The van der Waals surface area contributed by atoms with Crippen LogP contribution in [0.4, 0.5) is 4.79 Å². The van der Waals surface area contributed by atoms with Gasteiger partial charge in [0.05, 0.1) is 17.8 Å². The smallest absolute Gasteiger partial charge is 0.315 e. The van der Waals surface area contributed by atoms with Gasteiger partial charge in [-0.2, -0.15) is 0 Å². The van der Waals surface area contributed by atoms with Gasteiger partial charge in [-0.3, -0.25) is 19.2 Å². The third-order valence-corrected chi connectivity index (χ3v) is 11.1. The van der Waals surface area contributed by atoms with E-state index < -0.39 is 53.2 Å². The molecule has 0 aromatic heterocycles. The van der Waals surface area contributed by atoms with Crippen LogP contribution in [0.15, 0.2) is 5.16 Å². The van der Waals surface area contributed by atoms with Crippen molar-refractivity contribution in [1.29, 1.82) is 0 Å². The number of urea groups is 1. The second-order valence-corrected chi connectivity index (χ2v) is 15.9. The summed E-state index contributed by atoms with van der Waals surface area (Å²) in [6.07, 6.45) is 9.19. The van der Waals surface area contributed by atoms with Crippen LogP contribution in [0.1, 0.15) is 98.8 Å². The zero-order chi connectivity index (χ0) is 32.8. The first-order chi connectivity index (χ1) is 21.1. The third-order valence-electron chi connectivity index (χ3n) is 11.1. The van der Waals surface area contributed by atoms with Crippen molar-refractivity contribution in [2.45, 2.75) is 123 Å². The van der Waals surface area contributed by atoms with Crippen LogP contribution in [0.25, 0.3) is 0 Å². The molecule has 45 heavy (non-hydrogen) atoms. The zero-order valence-electron chi connectivity index (χ0n) is 27.4. The van der Waals surface area contributed by atoms with Gasteiger partial charge < -0.3 is 31.8 Å². The van der Waals surface area contributed by atoms with E-state index >= 15 is 0 Å². The Morgan fingerprint density at radius 3 is 2.13 bits per heavy atom. The van der Waals surface area contributed by atoms with Crippen molar-refractivity contribution >= 4 is 35.2 Å². The van der Waals surface area contributed by atoms with Crippen LogP contribution in [0.5, 0.6) is 0 Å². The van der Waals surface area contributed by atoms with Crippen LogP contribution in [0.3, 0.4) is 0 Å². The summed E-state index contributed by atoms with van der Waals surface area (Å²) < 4.78 is 0. The van der Waals surface area contributed by atoms with Crippen LogP contribution >= 0.6 is 0 Å². The topological polar surface area (TPSA) is 183 Å². The summed E-state index contributed by atoms with van der Waals surface area (Å²) in [5, 5.41) is 22.3. The molecule has 6 atom stereocenters. The van der Waals surface area contributed by atoms with Gasteiger partial charge in [0.2, 0.25) is 17.6 Å². The molecular formula is C33H52N6O6. The Kier molecular flexibility index (Phi) is 9.26. The number of rotatable bonds is 12. The van der Waals surface area contributed by atoms with Gasteiger partial charge in [0.1, 0.15) is 12.1 Å². The highest BCUT2D eigenvalue weighted by Gasteiger charge is 2.70.